The second-order valence-corrected chi connectivity index (χ2v) is 5.88. The van der Waals surface area contributed by atoms with Gasteiger partial charge in [-0.05, 0) is 67.4 Å². The summed E-state index contributed by atoms with van der Waals surface area (Å²) < 4.78 is 10.2. The fourth-order valence-electron chi connectivity index (χ4n) is 2.27. The lowest BCUT2D eigenvalue weighted by molar-refractivity contribution is -0.122. The molecule has 0 saturated heterocycles. The summed E-state index contributed by atoms with van der Waals surface area (Å²) in [6.07, 6.45) is 1.55. The van der Waals surface area contributed by atoms with Gasteiger partial charge in [0.25, 0.3) is 11.8 Å². The molecule has 0 aliphatic heterocycles. The average Bonchev–Trinajstić information content (AvgIpc) is 2.68. The highest BCUT2D eigenvalue weighted by molar-refractivity contribution is 5.97. The summed E-state index contributed by atoms with van der Waals surface area (Å²) in [5, 5.41) is 6.57. The van der Waals surface area contributed by atoms with Crippen molar-refractivity contribution in [3.05, 3.63) is 59.2 Å². The molecular weight excluding hydrogens is 346 g/mol. The number of hydrazone groups is 1. The molecule has 1 atom stereocenters. The number of nitrogens with one attached hydrogen (secondary N) is 2. The SMILES string of the molecule is COc1ccc(C(=O)NC(C)C(=O)NN=Cc2ccc(OC)cc2C)cc1. The first-order chi connectivity index (χ1) is 12.9. The lowest BCUT2D eigenvalue weighted by atomic mass is 10.1. The summed E-state index contributed by atoms with van der Waals surface area (Å²) in [6.45, 7) is 3.51. The number of aryl methyl sites for hydroxylation is 1. The number of carbonyl (C=O) groups excluding carboxylic acids is 2. The Morgan fingerprint density at radius 1 is 1.04 bits per heavy atom. The maximum Gasteiger partial charge on any atom is 0.262 e. The highest BCUT2D eigenvalue weighted by atomic mass is 16.5. The first kappa shape index (κ1) is 20.0. The predicted octanol–water partition coefficient (Wildman–Crippen LogP) is 2.28. The fourth-order valence-corrected chi connectivity index (χ4v) is 2.27. The zero-order valence-corrected chi connectivity index (χ0v) is 15.8. The van der Waals surface area contributed by atoms with Crippen LogP contribution in [0.2, 0.25) is 0 Å². The van der Waals surface area contributed by atoms with Crippen LogP contribution in [0.1, 0.15) is 28.4 Å². The van der Waals surface area contributed by atoms with Crippen LogP contribution in [-0.2, 0) is 4.79 Å². The number of hydrogen-bond donors (Lipinski definition) is 2. The van der Waals surface area contributed by atoms with Gasteiger partial charge in [-0.1, -0.05) is 0 Å². The van der Waals surface area contributed by atoms with Gasteiger partial charge in [-0.25, -0.2) is 5.43 Å². The van der Waals surface area contributed by atoms with E-state index in [1.807, 2.05) is 25.1 Å². The minimum atomic E-state index is -0.742. The minimum absolute atomic E-state index is 0.352. The summed E-state index contributed by atoms with van der Waals surface area (Å²) in [5.41, 5.74) is 4.68. The molecule has 1 unspecified atom stereocenters. The normalized spacial score (nSPS) is 11.7. The number of amides is 2. The molecule has 2 amide bonds. The van der Waals surface area contributed by atoms with E-state index in [9.17, 15) is 9.59 Å². The Hall–Kier alpha value is -3.35. The molecule has 0 bridgehead atoms. The van der Waals surface area contributed by atoms with Crippen molar-refractivity contribution in [3.63, 3.8) is 0 Å². The Balaban J connectivity index is 1.90. The van der Waals surface area contributed by atoms with Crippen molar-refractivity contribution in [2.75, 3.05) is 14.2 Å². The standard InChI is InChI=1S/C20H23N3O4/c1-13-11-18(27-4)10-7-16(13)12-21-23-19(24)14(2)22-20(25)15-5-8-17(26-3)9-6-15/h5-12,14H,1-4H3,(H,22,25)(H,23,24). The van der Waals surface area contributed by atoms with Crippen LogP contribution in [0.25, 0.3) is 0 Å². The van der Waals surface area contributed by atoms with Gasteiger partial charge >= 0.3 is 0 Å². The number of rotatable bonds is 7. The fraction of sp³-hybridized carbons (Fsp3) is 0.250. The van der Waals surface area contributed by atoms with Crippen molar-refractivity contribution in [2.24, 2.45) is 5.10 Å². The monoisotopic (exact) mass is 369 g/mol. The first-order valence-electron chi connectivity index (χ1n) is 8.37. The van der Waals surface area contributed by atoms with Crippen LogP contribution in [0.5, 0.6) is 11.5 Å². The maximum atomic E-state index is 12.2. The molecule has 0 radical (unpaired) electrons. The van der Waals surface area contributed by atoms with Crippen LogP contribution in [0.3, 0.4) is 0 Å². The van der Waals surface area contributed by atoms with Gasteiger partial charge in [-0.15, -0.1) is 0 Å². The molecule has 0 heterocycles. The van der Waals surface area contributed by atoms with Gasteiger partial charge in [0.15, 0.2) is 0 Å². The summed E-state index contributed by atoms with van der Waals surface area (Å²) in [7, 11) is 3.15. The van der Waals surface area contributed by atoms with Gasteiger partial charge in [0.05, 0.1) is 20.4 Å². The smallest absolute Gasteiger partial charge is 0.262 e. The number of hydrogen-bond acceptors (Lipinski definition) is 5. The molecule has 0 spiro atoms. The van der Waals surface area contributed by atoms with Gasteiger partial charge < -0.3 is 14.8 Å². The number of methoxy groups -OCH3 is 2. The van der Waals surface area contributed by atoms with Crippen molar-refractivity contribution in [1.29, 1.82) is 0 Å². The van der Waals surface area contributed by atoms with E-state index in [1.54, 1.807) is 51.6 Å². The van der Waals surface area contributed by atoms with Gasteiger partial charge in [0.1, 0.15) is 17.5 Å². The van der Waals surface area contributed by atoms with Crippen molar-refractivity contribution >= 4 is 18.0 Å². The van der Waals surface area contributed by atoms with Gasteiger partial charge in [-0.3, -0.25) is 9.59 Å². The molecule has 2 N–H and O–H groups in total. The molecule has 2 aromatic carbocycles. The summed E-state index contributed by atoms with van der Waals surface area (Å²) in [5.74, 6) is 0.638. The van der Waals surface area contributed by atoms with E-state index in [0.29, 0.717) is 11.3 Å². The molecule has 27 heavy (non-hydrogen) atoms. The Bertz CT molecular complexity index is 832. The van der Waals surface area contributed by atoms with E-state index in [1.165, 1.54) is 0 Å². The van der Waals surface area contributed by atoms with E-state index in [2.05, 4.69) is 15.8 Å². The van der Waals surface area contributed by atoms with E-state index < -0.39 is 11.9 Å². The Morgan fingerprint density at radius 2 is 1.67 bits per heavy atom. The van der Waals surface area contributed by atoms with Gasteiger partial charge in [-0.2, -0.15) is 5.10 Å². The van der Waals surface area contributed by atoms with Gasteiger partial charge in [0, 0.05) is 5.56 Å². The van der Waals surface area contributed by atoms with Gasteiger partial charge in [0.2, 0.25) is 0 Å². The lowest BCUT2D eigenvalue weighted by Crippen LogP contribution is -2.43. The van der Waals surface area contributed by atoms with Crippen molar-refractivity contribution < 1.29 is 19.1 Å². The van der Waals surface area contributed by atoms with Crippen LogP contribution < -0.4 is 20.2 Å². The van der Waals surface area contributed by atoms with E-state index >= 15 is 0 Å². The van der Waals surface area contributed by atoms with Crippen molar-refractivity contribution in [3.8, 4) is 11.5 Å². The average molecular weight is 369 g/mol. The highest BCUT2D eigenvalue weighted by Gasteiger charge is 2.16. The third kappa shape index (κ3) is 5.57. The molecule has 0 aliphatic carbocycles. The van der Waals surface area contributed by atoms with Crippen LogP contribution in [-0.4, -0.2) is 38.3 Å². The lowest BCUT2D eigenvalue weighted by Gasteiger charge is -2.12. The second-order valence-electron chi connectivity index (χ2n) is 5.88. The number of carbonyl (C=O) groups is 2. The van der Waals surface area contributed by atoms with Crippen LogP contribution in [0.4, 0.5) is 0 Å². The van der Waals surface area contributed by atoms with Crippen LogP contribution in [0.15, 0.2) is 47.6 Å². The number of benzene rings is 2. The zero-order valence-electron chi connectivity index (χ0n) is 15.8. The number of ether oxygens (including phenoxy) is 2. The minimum Gasteiger partial charge on any atom is -0.497 e. The Kier molecular flexibility index (Phi) is 6.93. The third-order valence-electron chi connectivity index (χ3n) is 3.95. The predicted molar refractivity (Wildman–Crippen MR) is 103 cm³/mol. The summed E-state index contributed by atoms with van der Waals surface area (Å²) >= 11 is 0. The van der Waals surface area contributed by atoms with Crippen molar-refractivity contribution in [1.82, 2.24) is 10.7 Å². The van der Waals surface area contributed by atoms with E-state index in [-0.39, 0.29) is 5.91 Å². The van der Waals surface area contributed by atoms with Crippen LogP contribution >= 0.6 is 0 Å². The molecular formula is C20H23N3O4. The van der Waals surface area contributed by atoms with Crippen LogP contribution in [0, 0.1) is 6.92 Å². The largest absolute Gasteiger partial charge is 0.497 e. The van der Waals surface area contributed by atoms with E-state index in [4.69, 9.17) is 9.47 Å². The molecule has 0 aliphatic rings. The maximum absolute atomic E-state index is 12.2. The van der Waals surface area contributed by atoms with E-state index in [0.717, 1.165) is 16.9 Å². The summed E-state index contributed by atoms with van der Waals surface area (Å²) in [6, 6.07) is 11.4. The molecule has 2 aromatic rings. The first-order valence-corrected chi connectivity index (χ1v) is 8.37. The topological polar surface area (TPSA) is 89.0 Å². The Labute approximate surface area is 158 Å². The molecule has 7 nitrogen and oxygen atoms in total. The second kappa shape index (κ2) is 9.38. The molecule has 0 aromatic heterocycles. The number of nitrogens with zero attached hydrogens (tertiary/aromatic N) is 1. The third-order valence-corrected chi connectivity index (χ3v) is 3.95. The van der Waals surface area contributed by atoms with Crippen molar-refractivity contribution in [2.45, 2.75) is 19.9 Å². The molecule has 0 saturated carbocycles. The quantitative estimate of drug-likeness (QED) is 0.579. The highest BCUT2D eigenvalue weighted by Crippen LogP contribution is 2.15. The summed E-state index contributed by atoms with van der Waals surface area (Å²) in [4.78, 5) is 24.3. The zero-order chi connectivity index (χ0) is 19.8. The molecule has 0 fully saturated rings. The molecule has 2 rings (SSSR count). The molecule has 142 valence electrons. The Morgan fingerprint density at radius 3 is 2.26 bits per heavy atom. The molecule has 7 heteroatoms.